The smallest absolute Gasteiger partial charge is 0.274 e. The Morgan fingerprint density at radius 3 is 2.65 bits per heavy atom. The van der Waals surface area contributed by atoms with E-state index in [1.54, 1.807) is 6.07 Å². The van der Waals surface area contributed by atoms with Gasteiger partial charge in [-0.15, -0.1) is 0 Å². The van der Waals surface area contributed by atoms with Crippen molar-refractivity contribution in [2.45, 2.75) is 52.9 Å². The molecule has 198 valence electrons. The molecular weight excluding hydrogens is 486 g/mol. The molecule has 1 amide bonds. The van der Waals surface area contributed by atoms with Crippen LogP contribution in [-0.2, 0) is 0 Å². The molecule has 2 aliphatic rings. The van der Waals surface area contributed by atoms with Crippen molar-refractivity contribution in [2.24, 2.45) is 5.41 Å². The normalized spacial score (nSPS) is 20.0. The minimum Gasteiger partial charge on any atom is -0.395 e. The number of aliphatic hydroxyl groups is 1. The van der Waals surface area contributed by atoms with Gasteiger partial charge in [-0.25, -0.2) is 15.0 Å². The third kappa shape index (κ3) is 5.50. The lowest BCUT2D eigenvalue weighted by atomic mass is 9.87. The number of nitrogens with one attached hydrogen (secondary N) is 2. The van der Waals surface area contributed by atoms with Crippen LogP contribution in [0.5, 0.6) is 0 Å². The zero-order valence-corrected chi connectivity index (χ0v) is 22.8. The molecule has 9 nitrogen and oxygen atoms in total. The molecule has 0 unspecified atom stereocenters. The van der Waals surface area contributed by atoms with Crippen molar-refractivity contribution in [2.75, 3.05) is 59.8 Å². The molecule has 3 aromatic heterocycles. The average molecular weight is 524 g/mol. The Kier molecular flexibility index (Phi) is 7.48. The van der Waals surface area contributed by atoms with E-state index in [2.05, 4.69) is 46.2 Å². The van der Waals surface area contributed by atoms with E-state index in [1.807, 2.05) is 12.1 Å². The summed E-state index contributed by atoms with van der Waals surface area (Å²) in [5, 5.41) is 16.1. The first-order valence-electron chi connectivity index (χ1n) is 13.3. The number of fused-ring (bicyclic) bond motifs is 1. The Labute approximate surface area is 222 Å². The number of carbonyl (C=O) groups is 1. The van der Waals surface area contributed by atoms with Crippen LogP contribution in [0.2, 0.25) is 0 Å². The second kappa shape index (κ2) is 10.8. The van der Waals surface area contributed by atoms with Gasteiger partial charge in [0.1, 0.15) is 11.5 Å². The van der Waals surface area contributed by atoms with E-state index in [0.717, 1.165) is 73.8 Å². The van der Waals surface area contributed by atoms with Crippen molar-refractivity contribution in [1.29, 1.82) is 0 Å². The minimum absolute atomic E-state index is 0.0321. The number of hydrogen-bond acceptors (Lipinski definition) is 9. The topological polar surface area (TPSA) is 107 Å². The number of rotatable bonds is 8. The number of hydrogen-bond donors (Lipinski definition) is 3. The van der Waals surface area contributed by atoms with E-state index in [1.165, 1.54) is 17.8 Å². The molecule has 0 aliphatic carbocycles. The Balaban J connectivity index is 1.44. The summed E-state index contributed by atoms with van der Waals surface area (Å²) in [5.74, 6) is 1.42. The van der Waals surface area contributed by atoms with Gasteiger partial charge in [0.25, 0.3) is 5.91 Å². The number of nitrogens with zero attached hydrogens (tertiary/aromatic N) is 5. The molecule has 0 saturated carbocycles. The van der Waals surface area contributed by atoms with E-state index in [9.17, 15) is 4.79 Å². The largest absolute Gasteiger partial charge is 0.395 e. The average Bonchev–Trinajstić information content (AvgIpc) is 3.51. The summed E-state index contributed by atoms with van der Waals surface area (Å²) in [6.07, 6.45) is 5.67. The standard InChI is InChI=1S/C27H37N7O2S/c1-4-27(3)10-14-34(17-27)23-18(2)8-9-19(29-23)25(36)30-20-16-21-22(32-26(37-21)28-11-15-35)31-24(20)33-12-6-5-7-13-33/h8-9,16,35H,4-7,10-15,17H2,1-3H3,(H,30,36)(H,28,31,32)/t27-/m0/s1. The zero-order chi connectivity index (χ0) is 26.0. The molecule has 2 saturated heterocycles. The predicted molar refractivity (Wildman–Crippen MR) is 151 cm³/mol. The highest BCUT2D eigenvalue weighted by molar-refractivity contribution is 7.22. The van der Waals surface area contributed by atoms with Crippen molar-refractivity contribution >= 4 is 50.0 Å². The molecule has 5 heterocycles. The van der Waals surface area contributed by atoms with E-state index in [0.29, 0.717) is 28.7 Å². The van der Waals surface area contributed by atoms with Crippen LogP contribution >= 0.6 is 11.3 Å². The lowest BCUT2D eigenvalue weighted by Gasteiger charge is -2.29. The van der Waals surface area contributed by atoms with Crippen molar-refractivity contribution in [1.82, 2.24) is 15.0 Å². The Morgan fingerprint density at radius 1 is 1.11 bits per heavy atom. The van der Waals surface area contributed by atoms with Gasteiger partial charge in [-0.05, 0) is 62.1 Å². The zero-order valence-electron chi connectivity index (χ0n) is 22.0. The second-order valence-electron chi connectivity index (χ2n) is 10.5. The van der Waals surface area contributed by atoms with Crippen LogP contribution in [0.4, 0.5) is 22.5 Å². The van der Waals surface area contributed by atoms with Crippen LogP contribution < -0.4 is 20.4 Å². The summed E-state index contributed by atoms with van der Waals surface area (Å²) < 4.78 is 0.880. The van der Waals surface area contributed by atoms with E-state index < -0.39 is 0 Å². The van der Waals surface area contributed by atoms with Gasteiger partial charge < -0.3 is 25.5 Å². The van der Waals surface area contributed by atoms with Crippen LogP contribution in [0, 0.1) is 12.3 Å². The van der Waals surface area contributed by atoms with Gasteiger partial charge in [0.05, 0.1) is 17.0 Å². The fourth-order valence-electron chi connectivity index (χ4n) is 5.18. The Morgan fingerprint density at radius 2 is 1.92 bits per heavy atom. The molecule has 0 radical (unpaired) electrons. The fourth-order valence-corrected chi connectivity index (χ4v) is 6.05. The van der Waals surface area contributed by atoms with Crippen molar-refractivity contribution in [3.05, 3.63) is 29.5 Å². The number of aryl methyl sites for hydroxylation is 1. The molecule has 2 aliphatic heterocycles. The lowest BCUT2D eigenvalue weighted by Crippen LogP contribution is -2.31. The Hall–Kier alpha value is -2.98. The monoisotopic (exact) mass is 523 g/mol. The second-order valence-corrected chi connectivity index (χ2v) is 11.6. The van der Waals surface area contributed by atoms with Gasteiger partial charge in [-0.1, -0.05) is 31.3 Å². The summed E-state index contributed by atoms with van der Waals surface area (Å²) in [5.41, 5.74) is 3.11. The molecule has 3 aromatic rings. The van der Waals surface area contributed by atoms with Crippen LogP contribution in [-0.4, -0.2) is 65.3 Å². The fraction of sp³-hybridized carbons (Fsp3) is 0.556. The maximum Gasteiger partial charge on any atom is 0.274 e. The number of carbonyl (C=O) groups excluding carboxylic acids is 1. The highest BCUT2D eigenvalue weighted by atomic mass is 32.1. The minimum atomic E-state index is -0.235. The van der Waals surface area contributed by atoms with Crippen LogP contribution in [0.15, 0.2) is 18.2 Å². The number of pyridine rings is 2. The molecule has 2 fully saturated rings. The molecule has 0 aromatic carbocycles. The molecule has 3 N–H and O–H groups in total. The van der Waals surface area contributed by atoms with Gasteiger partial charge in [0.15, 0.2) is 16.6 Å². The first kappa shape index (κ1) is 25.7. The quantitative estimate of drug-likeness (QED) is 0.391. The first-order valence-corrected chi connectivity index (χ1v) is 14.2. The number of thiazole rings is 1. The van der Waals surface area contributed by atoms with E-state index >= 15 is 0 Å². The highest BCUT2D eigenvalue weighted by Gasteiger charge is 2.33. The van der Waals surface area contributed by atoms with E-state index in [4.69, 9.17) is 15.1 Å². The molecule has 1 atom stereocenters. The van der Waals surface area contributed by atoms with Gasteiger partial charge in [-0.3, -0.25) is 4.79 Å². The van der Waals surface area contributed by atoms with Gasteiger partial charge in [0, 0.05) is 32.7 Å². The van der Waals surface area contributed by atoms with Crippen molar-refractivity contribution in [3.63, 3.8) is 0 Å². The maximum absolute atomic E-state index is 13.5. The molecule has 5 rings (SSSR count). The van der Waals surface area contributed by atoms with E-state index in [-0.39, 0.29) is 17.9 Å². The van der Waals surface area contributed by atoms with Gasteiger partial charge in [-0.2, -0.15) is 0 Å². The molecule has 0 bridgehead atoms. The summed E-state index contributed by atoms with van der Waals surface area (Å²) in [6.45, 7) is 10.8. The maximum atomic E-state index is 13.5. The molecule has 37 heavy (non-hydrogen) atoms. The van der Waals surface area contributed by atoms with Crippen molar-refractivity contribution in [3.8, 4) is 0 Å². The summed E-state index contributed by atoms with van der Waals surface area (Å²) >= 11 is 1.46. The third-order valence-electron chi connectivity index (χ3n) is 7.67. The SMILES string of the molecule is CC[C@@]1(C)CCN(c2nc(C(=O)Nc3cc4sc(NCCO)nc4nc3N3CCCCC3)ccc2C)C1. The Bertz CT molecular complexity index is 1270. The number of aromatic nitrogens is 3. The third-order valence-corrected chi connectivity index (χ3v) is 8.62. The van der Waals surface area contributed by atoms with Crippen LogP contribution in [0.25, 0.3) is 10.3 Å². The first-order chi connectivity index (χ1) is 17.9. The summed E-state index contributed by atoms with van der Waals surface area (Å²) in [7, 11) is 0. The molecule has 10 heteroatoms. The molecular formula is C27H37N7O2S. The number of aliphatic hydroxyl groups excluding tert-OH is 1. The number of piperidine rings is 1. The van der Waals surface area contributed by atoms with Gasteiger partial charge in [0.2, 0.25) is 0 Å². The summed E-state index contributed by atoms with van der Waals surface area (Å²) in [6, 6.07) is 5.77. The van der Waals surface area contributed by atoms with Crippen LogP contribution in [0.1, 0.15) is 62.0 Å². The number of amides is 1. The predicted octanol–water partition coefficient (Wildman–Crippen LogP) is 4.67. The number of anilines is 4. The molecule has 0 spiro atoms. The van der Waals surface area contributed by atoms with Gasteiger partial charge >= 0.3 is 0 Å². The van der Waals surface area contributed by atoms with Crippen LogP contribution in [0.3, 0.4) is 0 Å². The lowest BCUT2D eigenvalue weighted by molar-refractivity contribution is 0.102. The van der Waals surface area contributed by atoms with Crippen molar-refractivity contribution < 1.29 is 9.90 Å². The summed E-state index contributed by atoms with van der Waals surface area (Å²) in [4.78, 5) is 32.4. The highest BCUT2D eigenvalue weighted by Crippen LogP contribution is 2.37.